The molecule has 1 aromatic carbocycles. The monoisotopic (exact) mass is 274 g/mol. The smallest absolute Gasteiger partial charge is 0.227 e. The van der Waals surface area contributed by atoms with Crippen molar-refractivity contribution >= 4 is 16.8 Å². The van der Waals surface area contributed by atoms with Crippen molar-refractivity contribution in [2.75, 3.05) is 13.1 Å². The molecule has 1 aromatic heterocycles. The summed E-state index contributed by atoms with van der Waals surface area (Å²) in [6.07, 6.45) is 6.59. The number of benzene rings is 1. The number of hydrogen-bond donors (Lipinski definition) is 1. The van der Waals surface area contributed by atoms with Crippen LogP contribution in [0.4, 0.5) is 4.39 Å². The second-order valence-electron chi connectivity index (χ2n) is 5.45. The Morgan fingerprint density at radius 1 is 1.20 bits per heavy atom. The molecule has 1 saturated heterocycles. The van der Waals surface area contributed by atoms with Crippen molar-refractivity contribution in [3.63, 3.8) is 0 Å². The fourth-order valence-corrected chi connectivity index (χ4v) is 2.94. The Labute approximate surface area is 117 Å². The second-order valence-corrected chi connectivity index (χ2v) is 5.45. The van der Waals surface area contributed by atoms with Crippen molar-refractivity contribution in [1.29, 1.82) is 0 Å². The van der Waals surface area contributed by atoms with Crippen molar-refractivity contribution in [3.05, 3.63) is 35.8 Å². The van der Waals surface area contributed by atoms with Crippen LogP contribution >= 0.6 is 0 Å². The first-order chi connectivity index (χ1) is 9.75. The van der Waals surface area contributed by atoms with Gasteiger partial charge < -0.3 is 9.88 Å². The zero-order chi connectivity index (χ0) is 13.9. The second kappa shape index (κ2) is 5.65. The molecule has 3 nitrogen and oxygen atoms in total. The summed E-state index contributed by atoms with van der Waals surface area (Å²) in [5.41, 5.74) is 1.51. The minimum absolute atomic E-state index is 0.107. The summed E-state index contributed by atoms with van der Waals surface area (Å²) < 4.78 is 13.9. The number of H-pyrrole nitrogens is 1. The molecule has 3 rings (SSSR count). The minimum Gasteiger partial charge on any atom is -0.361 e. The van der Waals surface area contributed by atoms with E-state index in [-0.39, 0.29) is 18.1 Å². The van der Waals surface area contributed by atoms with Crippen molar-refractivity contribution in [2.24, 2.45) is 0 Å². The lowest BCUT2D eigenvalue weighted by molar-refractivity contribution is -0.130. The van der Waals surface area contributed by atoms with Gasteiger partial charge in [-0.2, -0.15) is 0 Å². The summed E-state index contributed by atoms with van der Waals surface area (Å²) in [5.74, 6) is -0.154. The molecule has 0 atom stereocenters. The fraction of sp³-hybridized carbons (Fsp3) is 0.438. The third-order valence-corrected chi connectivity index (χ3v) is 4.04. The lowest BCUT2D eigenvalue weighted by atomic mass is 10.1. The van der Waals surface area contributed by atoms with Crippen LogP contribution < -0.4 is 0 Å². The van der Waals surface area contributed by atoms with E-state index in [2.05, 4.69) is 4.98 Å². The number of aromatic nitrogens is 1. The van der Waals surface area contributed by atoms with Gasteiger partial charge in [0.1, 0.15) is 5.82 Å². The molecule has 0 unspecified atom stereocenters. The molecule has 2 heterocycles. The zero-order valence-electron chi connectivity index (χ0n) is 11.5. The highest BCUT2D eigenvalue weighted by molar-refractivity contribution is 5.89. The maximum absolute atomic E-state index is 13.9. The number of likely N-dealkylation sites (tertiary alicyclic amines) is 1. The predicted octanol–water partition coefficient (Wildman–Crippen LogP) is 3.25. The lowest BCUT2D eigenvalue weighted by Gasteiger charge is -2.20. The molecule has 4 heteroatoms. The number of nitrogens with zero attached hydrogens (tertiary/aromatic N) is 1. The molecule has 1 aliphatic rings. The molecule has 0 bridgehead atoms. The number of amides is 1. The van der Waals surface area contributed by atoms with Crippen LogP contribution in [0.1, 0.15) is 31.2 Å². The van der Waals surface area contributed by atoms with E-state index in [1.54, 1.807) is 12.3 Å². The largest absolute Gasteiger partial charge is 0.361 e. The van der Waals surface area contributed by atoms with E-state index in [0.717, 1.165) is 37.0 Å². The number of carbonyl (C=O) groups excluding carboxylic acids is 1. The first-order valence-electron chi connectivity index (χ1n) is 7.28. The Morgan fingerprint density at radius 2 is 1.95 bits per heavy atom. The molecular formula is C16H19FN2O. The van der Waals surface area contributed by atoms with Crippen LogP contribution in [0.5, 0.6) is 0 Å². The molecule has 0 radical (unpaired) electrons. The molecule has 1 fully saturated rings. The van der Waals surface area contributed by atoms with Gasteiger partial charge in [-0.3, -0.25) is 4.79 Å². The minimum atomic E-state index is -0.262. The van der Waals surface area contributed by atoms with Crippen molar-refractivity contribution in [2.45, 2.75) is 32.1 Å². The molecule has 0 aliphatic carbocycles. The third-order valence-electron chi connectivity index (χ3n) is 4.04. The van der Waals surface area contributed by atoms with Gasteiger partial charge in [0, 0.05) is 30.2 Å². The molecule has 0 spiro atoms. The zero-order valence-corrected chi connectivity index (χ0v) is 11.5. The quantitative estimate of drug-likeness (QED) is 0.896. The Bertz CT molecular complexity index is 612. The summed E-state index contributed by atoms with van der Waals surface area (Å²) in [7, 11) is 0. The summed E-state index contributed by atoms with van der Waals surface area (Å²) in [6.45, 7) is 1.67. The van der Waals surface area contributed by atoms with E-state index in [0.29, 0.717) is 5.39 Å². The number of halogens is 1. The Balaban J connectivity index is 1.80. The molecule has 2 aromatic rings. The van der Waals surface area contributed by atoms with E-state index in [1.165, 1.54) is 18.9 Å². The van der Waals surface area contributed by atoms with Crippen LogP contribution in [-0.2, 0) is 11.2 Å². The molecule has 20 heavy (non-hydrogen) atoms. The van der Waals surface area contributed by atoms with Crippen molar-refractivity contribution < 1.29 is 9.18 Å². The summed E-state index contributed by atoms with van der Waals surface area (Å²) in [5, 5.41) is 0.552. The highest BCUT2D eigenvalue weighted by atomic mass is 19.1. The maximum atomic E-state index is 13.9. The molecule has 1 aliphatic heterocycles. The van der Waals surface area contributed by atoms with Crippen molar-refractivity contribution in [1.82, 2.24) is 9.88 Å². The number of carbonyl (C=O) groups is 1. The average molecular weight is 274 g/mol. The van der Waals surface area contributed by atoms with Gasteiger partial charge >= 0.3 is 0 Å². The maximum Gasteiger partial charge on any atom is 0.227 e. The topological polar surface area (TPSA) is 36.1 Å². The van der Waals surface area contributed by atoms with E-state index >= 15 is 0 Å². The van der Waals surface area contributed by atoms with Crippen LogP contribution in [0, 0.1) is 5.82 Å². The number of rotatable bonds is 2. The molecular weight excluding hydrogens is 255 g/mol. The normalized spacial score (nSPS) is 16.4. The third kappa shape index (κ3) is 2.55. The molecule has 106 valence electrons. The van der Waals surface area contributed by atoms with Crippen LogP contribution in [0.2, 0.25) is 0 Å². The van der Waals surface area contributed by atoms with Crippen LogP contribution in [0.15, 0.2) is 24.4 Å². The summed E-state index contributed by atoms with van der Waals surface area (Å²) in [4.78, 5) is 17.3. The lowest BCUT2D eigenvalue weighted by Crippen LogP contribution is -2.33. The fourth-order valence-electron chi connectivity index (χ4n) is 2.94. The Morgan fingerprint density at radius 3 is 2.70 bits per heavy atom. The summed E-state index contributed by atoms with van der Waals surface area (Å²) >= 11 is 0. The Hall–Kier alpha value is -1.84. The number of nitrogens with one attached hydrogen (secondary N) is 1. The first-order valence-corrected chi connectivity index (χ1v) is 7.28. The summed E-state index contributed by atoms with van der Waals surface area (Å²) in [6, 6.07) is 4.95. The number of hydrogen-bond acceptors (Lipinski definition) is 1. The van der Waals surface area contributed by atoms with E-state index in [1.807, 2.05) is 11.0 Å². The van der Waals surface area contributed by atoms with Gasteiger partial charge in [-0.15, -0.1) is 0 Å². The van der Waals surface area contributed by atoms with Gasteiger partial charge in [-0.25, -0.2) is 4.39 Å². The molecule has 1 N–H and O–H groups in total. The predicted molar refractivity (Wildman–Crippen MR) is 77.0 cm³/mol. The number of fused-ring (bicyclic) bond motifs is 1. The van der Waals surface area contributed by atoms with Crippen LogP contribution in [0.3, 0.4) is 0 Å². The highest BCUT2D eigenvalue weighted by Crippen LogP contribution is 2.22. The van der Waals surface area contributed by atoms with Gasteiger partial charge in [0.25, 0.3) is 0 Å². The van der Waals surface area contributed by atoms with Gasteiger partial charge in [-0.1, -0.05) is 18.9 Å². The molecule has 1 amide bonds. The SMILES string of the molecule is O=C(Cc1c[nH]c2cccc(F)c12)N1CCCCCC1. The Kier molecular flexibility index (Phi) is 3.72. The van der Waals surface area contributed by atoms with Gasteiger partial charge in [-0.05, 0) is 30.5 Å². The molecule has 0 saturated carbocycles. The van der Waals surface area contributed by atoms with Gasteiger partial charge in [0.05, 0.1) is 6.42 Å². The highest BCUT2D eigenvalue weighted by Gasteiger charge is 2.18. The standard InChI is InChI=1S/C16H19FN2O/c17-13-6-5-7-14-16(13)12(11-18-14)10-15(20)19-8-3-1-2-4-9-19/h5-7,11,18H,1-4,8-10H2. The van der Waals surface area contributed by atoms with E-state index in [4.69, 9.17) is 0 Å². The average Bonchev–Trinajstić information content (AvgIpc) is 2.69. The first kappa shape index (κ1) is 13.2. The van der Waals surface area contributed by atoms with E-state index < -0.39 is 0 Å². The van der Waals surface area contributed by atoms with E-state index in [9.17, 15) is 9.18 Å². The van der Waals surface area contributed by atoms with Gasteiger partial charge in [0.2, 0.25) is 5.91 Å². The number of aromatic amines is 1. The van der Waals surface area contributed by atoms with Crippen molar-refractivity contribution in [3.8, 4) is 0 Å². The van der Waals surface area contributed by atoms with Gasteiger partial charge in [0.15, 0.2) is 0 Å². The van der Waals surface area contributed by atoms with Crippen LogP contribution in [-0.4, -0.2) is 28.9 Å². The van der Waals surface area contributed by atoms with Crippen LogP contribution in [0.25, 0.3) is 10.9 Å².